The molecule has 28 heavy (non-hydrogen) atoms. The highest BCUT2D eigenvalue weighted by atomic mass is 16.2. The molecular formula is C20H19N5O3. The molecule has 0 bridgehead atoms. The molecule has 2 amide bonds. The van der Waals surface area contributed by atoms with Crippen molar-refractivity contribution in [2.24, 2.45) is 0 Å². The average molecular weight is 377 g/mol. The topological polar surface area (TPSA) is 106 Å². The van der Waals surface area contributed by atoms with Crippen molar-refractivity contribution in [2.45, 2.75) is 13.3 Å². The largest absolute Gasteiger partial charge is 0.350 e. The predicted octanol–water partition coefficient (Wildman–Crippen LogP) is 1.69. The minimum atomic E-state index is -0.621. The zero-order chi connectivity index (χ0) is 19.9. The molecule has 142 valence electrons. The van der Waals surface area contributed by atoms with Crippen molar-refractivity contribution in [3.8, 4) is 5.69 Å². The van der Waals surface area contributed by atoms with Crippen LogP contribution < -0.4 is 16.1 Å². The first-order valence-corrected chi connectivity index (χ1v) is 8.69. The van der Waals surface area contributed by atoms with Gasteiger partial charge in [0.05, 0.1) is 17.6 Å². The van der Waals surface area contributed by atoms with Crippen LogP contribution in [0.2, 0.25) is 0 Å². The fraction of sp³-hybridized carbons (Fsp3) is 0.150. The predicted molar refractivity (Wildman–Crippen MR) is 104 cm³/mol. The highest BCUT2D eigenvalue weighted by Gasteiger charge is 2.15. The van der Waals surface area contributed by atoms with Gasteiger partial charge >= 0.3 is 0 Å². The van der Waals surface area contributed by atoms with Gasteiger partial charge in [-0.1, -0.05) is 18.2 Å². The Balaban J connectivity index is 1.64. The second kappa shape index (κ2) is 8.72. The Morgan fingerprint density at radius 2 is 1.89 bits per heavy atom. The fourth-order valence-corrected chi connectivity index (χ4v) is 2.57. The molecule has 0 aliphatic heterocycles. The van der Waals surface area contributed by atoms with Gasteiger partial charge in [0, 0.05) is 30.9 Å². The van der Waals surface area contributed by atoms with Crippen molar-refractivity contribution in [1.82, 2.24) is 20.1 Å². The zero-order valence-corrected chi connectivity index (χ0v) is 15.3. The lowest BCUT2D eigenvalue weighted by Crippen LogP contribution is -2.33. The molecule has 0 fully saturated rings. The van der Waals surface area contributed by atoms with E-state index in [4.69, 9.17) is 0 Å². The van der Waals surface area contributed by atoms with Crippen LogP contribution in [0.25, 0.3) is 5.69 Å². The third-order valence-electron chi connectivity index (χ3n) is 3.91. The van der Waals surface area contributed by atoms with Crippen molar-refractivity contribution < 1.29 is 9.59 Å². The molecule has 0 saturated carbocycles. The first-order valence-electron chi connectivity index (χ1n) is 8.69. The molecule has 0 spiro atoms. The first-order chi connectivity index (χ1) is 13.5. The minimum Gasteiger partial charge on any atom is -0.350 e. The number of carbonyl (C=O) groups excluding carboxylic acids is 2. The molecular weight excluding hydrogens is 358 g/mol. The van der Waals surface area contributed by atoms with E-state index in [-0.39, 0.29) is 24.6 Å². The number of aryl methyl sites for hydroxylation is 1. The molecule has 0 unspecified atom stereocenters. The summed E-state index contributed by atoms with van der Waals surface area (Å²) < 4.78 is 1.53. The lowest BCUT2D eigenvalue weighted by Gasteiger charge is -2.11. The summed E-state index contributed by atoms with van der Waals surface area (Å²) >= 11 is 0. The molecule has 1 aromatic carbocycles. The number of rotatable bonds is 6. The minimum absolute atomic E-state index is 0.0549. The van der Waals surface area contributed by atoms with Crippen molar-refractivity contribution in [3.05, 3.63) is 82.5 Å². The molecule has 0 radical (unpaired) electrons. The van der Waals surface area contributed by atoms with Crippen molar-refractivity contribution in [2.75, 3.05) is 11.9 Å². The summed E-state index contributed by atoms with van der Waals surface area (Å²) in [6.45, 7) is 1.82. The number of aromatic nitrogens is 3. The summed E-state index contributed by atoms with van der Waals surface area (Å²) in [7, 11) is 0. The van der Waals surface area contributed by atoms with E-state index in [0.717, 1.165) is 5.69 Å². The number of pyridine rings is 1. The summed E-state index contributed by atoms with van der Waals surface area (Å²) in [5.74, 6) is -0.893. The number of hydrogen-bond acceptors (Lipinski definition) is 5. The van der Waals surface area contributed by atoms with Gasteiger partial charge < -0.3 is 10.6 Å². The second-order valence-corrected chi connectivity index (χ2v) is 6.04. The van der Waals surface area contributed by atoms with Crippen LogP contribution in [-0.4, -0.2) is 33.1 Å². The van der Waals surface area contributed by atoms with Gasteiger partial charge in [-0.3, -0.25) is 19.4 Å². The molecule has 0 saturated heterocycles. The third-order valence-corrected chi connectivity index (χ3v) is 3.91. The summed E-state index contributed by atoms with van der Waals surface area (Å²) in [6.07, 6.45) is 3.19. The number of amides is 2. The van der Waals surface area contributed by atoms with E-state index in [1.807, 2.05) is 30.3 Å². The van der Waals surface area contributed by atoms with Gasteiger partial charge in [0.15, 0.2) is 5.69 Å². The summed E-state index contributed by atoms with van der Waals surface area (Å²) in [6, 6.07) is 14.0. The van der Waals surface area contributed by atoms with Gasteiger partial charge in [-0.2, -0.15) is 5.10 Å². The molecule has 3 aromatic rings. The van der Waals surface area contributed by atoms with Crippen LogP contribution >= 0.6 is 0 Å². The van der Waals surface area contributed by atoms with Gasteiger partial charge in [-0.25, -0.2) is 4.68 Å². The van der Waals surface area contributed by atoms with Crippen LogP contribution in [0.4, 0.5) is 5.69 Å². The van der Waals surface area contributed by atoms with E-state index in [1.165, 1.54) is 16.9 Å². The number of benzene rings is 1. The van der Waals surface area contributed by atoms with Crippen molar-refractivity contribution in [3.63, 3.8) is 0 Å². The van der Waals surface area contributed by atoms with E-state index in [2.05, 4.69) is 20.7 Å². The van der Waals surface area contributed by atoms with E-state index in [1.54, 1.807) is 25.3 Å². The Morgan fingerprint density at radius 3 is 2.61 bits per heavy atom. The summed E-state index contributed by atoms with van der Waals surface area (Å²) in [5.41, 5.74) is 1.24. The van der Waals surface area contributed by atoms with Gasteiger partial charge in [0.1, 0.15) is 0 Å². The maximum atomic E-state index is 12.4. The SMILES string of the molecule is Cc1cc(=O)c(C(=O)NCCC(=O)Nc2cccnc2)nn1-c1ccccc1. The molecule has 0 aliphatic carbocycles. The van der Waals surface area contributed by atoms with Gasteiger partial charge in [-0.05, 0) is 31.2 Å². The van der Waals surface area contributed by atoms with E-state index >= 15 is 0 Å². The number of nitrogens with zero attached hydrogens (tertiary/aromatic N) is 3. The molecule has 0 aliphatic rings. The van der Waals surface area contributed by atoms with Gasteiger partial charge in [-0.15, -0.1) is 0 Å². The normalized spacial score (nSPS) is 10.3. The maximum absolute atomic E-state index is 12.4. The Morgan fingerprint density at radius 1 is 1.11 bits per heavy atom. The monoisotopic (exact) mass is 377 g/mol. The second-order valence-electron chi connectivity index (χ2n) is 6.04. The third kappa shape index (κ3) is 4.67. The summed E-state index contributed by atoms with van der Waals surface area (Å²) in [4.78, 5) is 40.4. The smallest absolute Gasteiger partial charge is 0.275 e. The van der Waals surface area contributed by atoms with Gasteiger partial charge in [0.2, 0.25) is 11.3 Å². The molecule has 0 atom stereocenters. The number of anilines is 1. The Bertz CT molecular complexity index is 1030. The zero-order valence-electron chi connectivity index (χ0n) is 15.3. The quantitative estimate of drug-likeness (QED) is 0.680. The summed E-state index contributed by atoms with van der Waals surface area (Å²) in [5, 5.41) is 9.42. The van der Waals surface area contributed by atoms with Crippen LogP contribution in [0, 0.1) is 6.92 Å². The number of carbonyl (C=O) groups is 2. The Labute approximate surface area is 161 Å². The van der Waals surface area contributed by atoms with Crippen LogP contribution in [-0.2, 0) is 4.79 Å². The number of hydrogen-bond donors (Lipinski definition) is 2. The van der Waals surface area contributed by atoms with E-state index in [0.29, 0.717) is 11.4 Å². The number of nitrogens with one attached hydrogen (secondary N) is 2. The van der Waals surface area contributed by atoms with E-state index in [9.17, 15) is 14.4 Å². The Kier molecular flexibility index (Phi) is 5.91. The van der Waals surface area contributed by atoms with Crippen molar-refractivity contribution >= 4 is 17.5 Å². The van der Waals surface area contributed by atoms with Crippen molar-refractivity contribution in [1.29, 1.82) is 0 Å². The van der Waals surface area contributed by atoms with Crippen LogP contribution in [0.15, 0.2) is 65.7 Å². The average Bonchev–Trinajstić information content (AvgIpc) is 2.69. The lowest BCUT2D eigenvalue weighted by atomic mass is 10.2. The fourth-order valence-electron chi connectivity index (χ4n) is 2.57. The lowest BCUT2D eigenvalue weighted by molar-refractivity contribution is -0.116. The van der Waals surface area contributed by atoms with Gasteiger partial charge in [0.25, 0.3) is 5.91 Å². The number of para-hydroxylation sites is 1. The molecule has 2 heterocycles. The van der Waals surface area contributed by atoms with Crippen LogP contribution in [0.1, 0.15) is 22.6 Å². The molecule has 8 nitrogen and oxygen atoms in total. The first kappa shape index (κ1) is 19.0. The van der Waals surface area contributed by atoms with E-state index < -0.39 is 11.3 Å². The Hall–Kier alpha value is -3.81. The molecule has 2 N–H and O–H groups in total. The standard InChI is InChI=1S/C20H19N5O3/c1-14-12-17(26)19(24-25(14)16-7-3-2-4-8-16)20(28)22-11-9-18(27)23-15-6-5-10-21-13-15/h2-8,10,12-13H,9,11H2,1H3,(H,22,28)(H,23,27). The maximum Gasteiger partial charge on any atom is 0.275 e. The highest BCUT2D eigenvalue weighted by molar-refractivity contribution is 5.93. The molecule has 3 rings (SSSR count). The highest BCUT2D eigenvalue weighted by Crippen LogP contribution is 2.08. The van der Waals surface area contributed by atoms with Crippen LogP contribution in [0.5, 0.6) is 0 Å². The molecule has 8 heteroatoms. The van der Waals surface area contributed by atoms with Crippen LogP contribution in [0.3, 0.4) is 0 Å². The molecule has 2 aromatic heterocycles.